The van der Waals surface area contributed by atoms with E-state index in [4.69, 9.17) is 9.47 Å². The number of rotatable bonds is 2. The molecule has 0 bridgehead atoms. The second-order valence-electron chi connectivity index (χ2n) is 6.48. The summed E-state index contributed by atoms with van der Waals surface area (Å²) in [5.74, 6) is 1.59. The second kappa shape index (κ2) is 5.59. The molecule has 1 aliphatic carbocycles. The largest absolute Gasteiger partial charge is 0.454 e. The number of allylic oxidation sites excluding steroid dienone is 1. The van der Waals surface area contributed by atoms with E-state index in [2.05, 4.69) is 5.10 Å². The fourth-order valence-corrected chi connectivity index (χ4v) is 3.46. The fraction of sp³-hybridized carbons (Fsp3) is 0.143. The highest BCUT2D eigenvalue weighted by atomic mass is 16.7. The number of benzene rings is 2. The van der Waals surface area contributed by atoms with Gasteiger partial charge in [0.15, 0.2) is 17.3 Å². The van der Waals surface area contributed by atoms with E-state index in [0.717, 1.165) is 45.2 Å². The van der Waals surface area contributed by atoms with Crippen molar-refractivity contribution in [3.8, 4) is 22.8 Å². The van der Waals surface area contributed by atoms with Crippen molar-refractivity contribution >= 4 is 11.9 Å². The van der Waals surface area contributed by atoms with E-state index >= 15 is 0 Å². The van der Waals surface area contributed by atoms with Gasteiger partial charge in [-0.2, -0.15) is 5.10 Å². The summed E-state index contributed by atoms with van der Waals surface area (Å²) in [5.41, 5.74) is 5.37. The van der Waals surface area contributed by atoms with E-state index in [1.54, 1.807) is 4.68 Å². The third-order valence-electron chi connectivity index (χ3n) is 4.84. The van der Waals surface area contributed by atoms with E-state index in [1.165, 1.54) is 0 Å². The second-order valence-corrected chi connectivity index (χ2v) is 6.48. The molecular formula is C21H16N2O3. The van der Waals surface area contributed by atoms with Crippen molar-refractivity contribution in [1.29, 1.82) is 0 Å². The smallest absolute Gasteiger partial charge is 0.231 e. The van der Waals surface area contributed by atoms with E-state index < -0.39 is 0 Å². The normalized spacial score (nSPS) is 16.3. The molecule has 128 valence electrons. The topological polar surface area (TPSA) is 53.4 Å². The predicted octanol–water partition coefficient (Wildman–Crippen LogP) is 3.64. The van der Waals surface area contributed by atoms with Crippen molar-refractivity contribution in [2.24, 2.45) is 7.05 Å². The number of carbonyl (C=O) groups excluding carboxylic acids is 1. The first-order chi connectivity index (χ1) is 12.7. The number of aryl methyl sites for hydroxylation is 1. The summed E-state index contributed by atoms with van der Waals surface area (Å²) >= 11 is 0. The van der Waals surface area contributed by atoms with Gasteiger partial charge in [0, 0.05) is 30.2 Å². The standard InChI is InChI=1S/C21H16N2O3/c1-23-16(9-15-8-13-4-2-3-5-17(13)21(15)24)11-18(22-23)14-6-7-19-20(10-14)26-12-25-19/h2-7,9-11H,8,12H2,1H3/b15-9+. The van der Waals surface area contributed by atoms with Gasteiger partial charge in [-0.05, 0) is 35.9 Å². The van der Waals surface area contributed by atoms with E-state index in [9.17, 15) is 4.79 Å². The van der Waals surface area contributed by atoms with Gasteiger partial charge in [0.1, 0.15) is 0 Å². The van der Waals surface area contributed by atoms with Crippen LogP contribution in [0.4, 0.5) is 0 Å². The predicted molar refractivity (Wildman–Crippen MR) is 97.2 cm³/mol. The van der Waals surface area contributed by atoms with Gasteiger partial charge in [0.05, 0.1) is 11.4 Å². The van der Waals surface area contributed by atoms with Crippen LogP contribution in [0.25, 0.3) is 17.3 Å². The number of hydrogen-bond acceptors (Lipinski definition) is 4. The van der Waals surface area contributed by atoms with Crippen LogP contribution in [0, 0.1) is 0 Å². The molecule has 0 N–H and O–H groups in total. The molecule has 2 heterocycles. The zero-order valence-corrected chi connectivity index (χ0v) is 14.2. The van der Waals surface area contributed by atoms with Crippen LogP contribution < -0.4 is 9.47 Å². The average Bonchev–Trinajstić information content (AvgIpc) is 3.34. The summed E-state index contributed by atoms with van der Waals surface area (Å²) in [4.78, 5) is 12.6. The number of hydrogen-bond donors (Lipinski definition) is 0. The van der Waals surface area contributed by atoms with Gasteiger partial charge in [-0.1, -0.05) is 24.3 Å². The Labute approximate surface area is 150 Å². The third-order valence-corrected chi connectivity index (χ3v) is 4.84. The molecule has 0 amide bonds. The van der Waals surface area contributed by atoms with Gasteiger partial charge in [0.2, 0.25) is 6.79 Å². The maximum absolute atomic E-state index is 12.6. The number of carbonyl (C=O) groups is 1. The molecule has 1 aromatic heterocycles. The fourth-order valence-electron chi connectivity index (χ4n) is 3.46. The molecule has 2 aromatic carbocycles. The minimum absolute atomic E-state index is 0.103. The average molecular weight is 344 g/mol. The molecule has 0 saturated carbocycles. The van der Waals surface area contributed by atoms with Crippen molar-refractivity contribution in [3.05, 3.63) is 70.9 Å². The Balaban J connectivity index is 1.50. The maximum Gasteiger partial charge on any atom is 0.231 e. The van der Waals surface area contributed by atoms with Crippen LogP contribution in [-0.2, 0) is 13.5 Å². The number of aromatic nitrogens is 2. The van der Waals surface area contributed by atoms with Gasteiger partial charge in [0.25, 0.3) is 0 Å². The Morgan fingerprint density at radius 2 is 1.92 bits per heavy atom. The SMILES string of the molecule is Cn1nc(-c2ccc3c(c2)OCO3)cc1/C=C1\Cc2ccccc2C1=O. The minimum Gasteiger partial charge on any atom is -0.454 e. The zero-order chi connectivity index (χ0) is 17.7. The van der Waals surface area contributed by atoms with Crippen LogP contribution in [-0.4, -0.2) is 22.4 Å². The van der Waals surface area contributed by atoms with Crippen LogP contribution >= 0.6 is 0 Å². The third kappa shape index (κ3) is 2.32. The first-order valence-electron chi connectivity index (χ1n) is 8.46. The van der Waals surface area contributed by atoms with Crippen LogP contribution in [0.5, 0.6) is 11.5 Å². The molecular weight excluding hydrogens is 328 g/mol. The highest BCUT2D eigenvalue weighted by Crippen LogP contribution is 2.36. The van der Waals surface area contributed by atoms with Gasteiger partial charge in [-0.3, -0.25) is 9.48 Å². The van der Waals surface area contributed by atoms with Crippen molar-refractivity contribution in [1.82, 2.24) is 9.78 Å². The molecule has 0 radical (unpaired) electrons. The lowest BCUT2D eigenvalue weighted by Crippen LogP contribution is -1.98. The molecule has 0 unspecified atom stereocenters. The quantitative estimate of drug-likeness (QED) is 0.666. The molecule has 3 aromatic rings. The van der Waals surface area contributed by atoms with Gasteiger partial charge < -0.3 is 9.47 Å². The van der Waals surface area contributed by atoms with Crippen LogP contribution in [0.2, 0.25) is 0 Å². The van der Waals surface area contributed by atoms with Crippen molar-refractivity contribution in [2.75, 3.05) is 6.79 Å². The summed E-state index contributed by atoms with van der Waals surface area (Å²) in [6.45, 7) is 0.251. The number of fused-ring (bicyclic) bond motifs is 2. The van der Waals surface area contributed by atoms with Gasteiger partial charge in [-0.15, -0.1) is 0 Å². The lowest BCUT2D eigenvalue weighted by Gasteiger charge is -1.99. The lowest BCUT2D eigenvalue weighted by molar-refractivity contribution is 0.104. The monoisotopic (exact) mass is 344 g/mol. The molecule has 5 rings (SSSR count). The zero-order valence-electron chi connectivity index (χ0n) is 14.2. The highest BCUT2D eigenvalue weighted by molar-refractivity contribution is 6.15. The van der Waals surface area contributed by atoms with Crippen LogP contribution in [0.15, 0.2) is 54.1 Å². The summed E-state index contributed by atoms with van der Waals surface area (Å²) in [5, 5.41) is 4.59. The molecule has 5 nitrogen and oxygen atoms in total. The number of ether oxygens (including phenoxy) is 2. The Morgan fingerprint density at radius 3 is 2.81 bits per heavy atom. The molecule has 0 atom stereocenters. The Kier molecular flexibility index (Phi) is 3.22. The Hall–Kier alpha value is -3.34. The summed E-state index contributed by atoms with van der Waals surface area (Å²) < 4.78 is 12.6. The van der Waals surface area contributed by atoms with Crippen LogP contribution in [0.1, 0.15) is 21.6 Å². The number of Topliss-reactive ketones (excluding diaryl/α,β-unsaturated/α-hetero) is 1. The van der Waals surface area contributed by atoms with Crippen molar-refractivity contribution < 1.29 is 14.3 Å². The molecule has 0 spiro atoms. The molecule has 0 fully saturated rings. The maximum atomic E-state index is 12.6. The molecule has 5 heteroatoms. The first-order valence-corrected chi connectivity index (χ1v) is 8.46. The summed E-state index contributed by atoms with van der Waals surface area (Å²) in [6.07, 6.45) is 2.60. The number of nitrogens with zero attached hydrogens (tertiary/aromatic N) is 2. The molecule has 1 aliphatic heterocycles. The van der Waals surface area contributed by atoms with E-state index in [0.29, 0.717) is 6.42 Å². The Bertz CT molecular complexity index is 1080. The summed E-state index contributed by atoms with van der Waals surface area (Å²) in [7, 11) is 1.88. The lowest BCUT2D eigenvalue weighted by atomic mass is 10.1. The first kappa shape index (κ1) is 15.0. The molecule has 0 saturated heterocycles. The molecule has 26 heavy (non-hydrogen) atoms. The van der Waals surface area contributed by atoms with Crippen molar-refractivity contribution in [2.45, 2.75) is 6.42 Å². The van der Waals surface area contributed by atoms with Crippen molar-refractivity contribution in [3.63, 3.8) is 0 Å². The highest BCUT2D eigenvalue weighted by Gasteiger charge is 2.24. The van der Waals surface area contributed by atoms with E-state index in [-0.39, 0.29) is 12.6 Å². The van der Waals surface area contributed by atoms with E-state index in [1.807, 2.05) is 61.7 Å². The van der Waals surface area contributed by atoms with Gasteiger partial charge in [-0.25, -0.2) is 0 Å². The summed E-state index contributed by atoms with van der Waals surface area (Å²) in [6, 6.07) is 15.5. The Morgan fingerprint density at radius 1 is 1.08 bits per heavy atom. The van der Waals surface area contributed by atoms with Gasteiger partial charge >= 0.3 is 0 Å². The number of ketones is 1. The molecule has 2 aliphatic rings. The minimum atomic E-state index is 0.103. The van der Waals surface area contributed by atoms with Crippen LogP contribution in [0.3, 0.4) is 0 Å².